The number of para-hydroxylation sites is 3. The number of nitrogens with one attached hydrogen (secondary N) is 1. The van der Waals surface area contributed by atoms with Crippen molar-refractivity contribution < 1.29 is 9.18 Å². The lowest BCUT2D eigenvalue weighted by Gasteiger charge is -2.36. The van der Waals surface area contributed by atoms with E-state index in [1.807, 2.05) is 37.3 Å². The van der Waals surface area contributed by atoms with Gasteiger partial charge >= 0.3 is 0 Å². The number of aromatic nitrogens is 2. The molecule has 0 radical (unpaired) electrons. The van der Waals surface area contributed by atoms with Crippen molar-refractivity contribution in [3.8, 4) is 6.07 Å². The molecule has 33 heavy (non-hydrogen) atoms. The van der Waals surface area contributed by atoms with Crippen molar-refractivity contribution >= 4 is 34.1 Å². The van der Waals surface area contributed by atoms with Crippen LogP contribution in [-0.4, -0.2) is 52.9 Å². The molecule has 0 spiro atoms. The van der Waals surface area contributed by atoms with Gasteiger partial charge in [-0.25, -0.2) is 9.37 Å². The number of piperazine rings is 1. The quantitative estimate of drug-likeness (QED) is 0.523. The number of imidazole rings is 1. The lowest BCUT2D eigenvalue weighted by atomic mass is 10.1. The minimum Gasteiger partial charge on any atom is -0.355 e. The van der Waals surface area contributed by atoms with E-state index in [9.17, 15) is 14.4 Å². The van der Waals surface area contributed by atoms with Crippen LogP contribution in [-0.2, 0) is 4.79 Å². The first kappa shape index (κ1) is 20.9. The second-order valence-electron chi connectivity index (χ2n) is 8.22. The molecule has 0 aliphatic carbocycles. The van der Waals surface area contributed by atoms with E-state index in [-0.39, 0.29) is 18.1 Å². The Bertz CT molecular complexity index is 1400. The van der Waals surface area contributed by atoms with E-state index in [0.717, 1.165) is 35.5 Å². The number of hydrogen-bond donors (Lipinski definition) is 1. The fraction of sp³-hybridized carbons (Fsp3) is 0.240. The first-order valence-corrected chi connectivity index (χ1v) is 10.9. The number of anilines is 2. The summed E-state index contributed by atoms with van der Waals surface area (Å²) in [7, 11) is 0. The summed E-state index contributed by atoms with van der Waals surface area (Å²) >= 11 is 0. The first-order chi connectivity index (χ1) is 16.0. The van der Waals surface area contributed by atoms with Crippen molar-refractivity contribution in [2.24, 2.45) is 0 Å². The number of fused-ring (bicyclic) bond motifs is 3. The molecule has 1 aliphatic heterocycles. The molecule has 3 heterocycles. The number of hydrogen-bond acceptors (Lipinski definition) is 5. The molecule has 2 aromatic heterocycles. The summed E-state index contributed by atoms with van der Waals surface area (Å²) in [6.07, 6.45) is 0. The van der Waals surface area contributed by atoms with Crippen molar-refractivity contribution in [3.05, 3.63) is 71.5 Å². The Labute approximate surface area is 190 Å². The highest BCUT2D eigenvalue weighted by Gasteiger charge is 2.23. The minimum atomic E-state index is -0.441. The van der Waals surface area contributed by atoms with E-state index < -0.39 is 5.82 Å². The third-order valence-electron chi connectivity index (χ3n) is 6.08. The number of halogens is 1. The monoisotopic (exact) mass is 442 g/mol. The zero-order valence-electron chi connectivity index (χ0n) is 18.3. The van der Waals surface area contributed by atoms with Crippen molar-refractivity contribution in [1.29, 1.82) is 5.26 Å². The third-order valence-corrected chi connectivity index (χ3v) is 6.08. The minimum absolute atomic E-state index is 0.198. The van der Waals surface area contributed by atoms with Crippen LogP contribution in [0.3, 0.4) is 0 Å². The number of nitrogens with zero attached hydrogens (tertiary/aromatic N) is 5. The summed E-state index contributed by atoms with van der Waals surface area (Å²) in [5.74, 6) is 0.319. The molecule has 0 atom stereocenters. The van der Waals surface area contributed by atoms with Crippen LogP contribution in [0.2, 0.25) is 0 Å². The lowest BCUT2D eigenvalue weighted by molar-refractivity contribution is -0.117. The number of carbonyl (C=O) groups excluding carboxylic acids is 1. The van der Waals surface area contributed by atoms with E-state index in [2.05, 4.69) is 25.6 Å². The maximum absolute atomic E-state index is 13.8. The SMILES string of the molecule is Cc1cc(N2CCN(CC(=O)Nc3ccccc3F)CC2)n2c(nc3ccccc32)c1C#N. The molecule has 1 aliphatic rings. The van der Waals surface area contributed by atoms with E-state index >= 15 is 0 Å². The van der Waals surface area contributed by atoms with Gasteiger partial charge in [0, 0.05) is 26.2 Å². The molecule has 1 N–H and O–H groups in total. The van der Waals surface area contributed by atoms with Crippen LogP contribution >= 0.6 is 0 Å². The molecule has 1 amide bonds. The molecule has 166 valence electrons. The predicted octanol–water partition coefficient (Wildman–Crippen LogP) is 3.57. The van der Waals surface area contributed by atoms with E-state index in [1.165, 1.54) is 6.07 Å². The molecule has 1 fully saturated rings. The van der Waals surface area contributed by atoms with Gasteiger partial charge in [0.2, 0.25) is 5.91 Å². The number of amides is 1. The summed E-state index contributed by atoms with van der Waals surface area (Å²) in [5.41, 5.74) is 4.15. The Kier molecular flexibility index (Phi) is 5.40. The molecule has 2 aromatic carbocycles. The maximum atomic E-state index is 13.8. The van der Waals surface area contributed by atoms with E-state index in [4.69, 9.17) is 4.98 Å². The summed E-state index contributed by atoms with van der Waals surface area (Å²) in [6.45, 7) is 4.97. The second-order valence-corrected chi connectivity index (χ2v) is 8.22. The number of carbonyl (C=O) groups is 1. The van der Waals surface area contributed by atoms with Gasteiger partial charge in [0.15, 0.2) is 5.65 Å². The van der Waals surface area contributed by atoms with Crippen molar-refractivity contribution in [3.63, 3.8) is 0 Å². The number of pyridine rings is 1. The molecule has 0 unspecified atom stereocenters. The largest absolute Gasteiger partial charge is 0.355 e. The van der Waals surface area contributed by atoms with Crippen LogP contribution in [0.4, 0.5) is 15.9 Å². The summed E-state index contributed by atoms with van der Waals surface area (Å²) < 4.78 is 15.9. The van der Waals surface area contributed by atoms with Crippen molar-refractivity contribution in [2.45, 2.75) is 6.92 Å². The zero-order valence-corrected chi connectivity index (χ0v) is 18.3. The molecule has 1 saturated heterocycles. The Hall–Kier alpha value is -3.96. The summed E-state index contributed by atoms with van der Waals surface area (Å²) in [6, 6.07) is 18.4. The van der Waals surface area contributed by atoms with Crippen LogP contribution < -0.4 is 10.2 Å². The molecule has 0 saturated carbocycles. The molecule has 5 rings (SSSR count). The summed E-state index contributed by atoms with van der Waals surface area (Å²) in [4.78, 5) is 21.5. The number of benzene rings is 2. The normalized spacial score (nSPS) is 14.5. The van der Waals surface area contributed by atoms with E-state index in [0.29, 0.717) is 24.3 Å². The van der Waals surface area contributed by atoms with Crippen molar-refractivity contribution in [1.82, 2.24) is 14.3 Å². The lowest BCUT2D eigenvalue weighted by Crippen LogP contribution is -2.49. The van der Waals surface area contributed by atoms with Crippen LogP contribution in [0, 0.1) is 24.1 Å². The molecular formula is C25H23FN6O. The van der Waals surface area contributed by atoms with Gasteiger partial charge in [-0.2, -0.15) is 5.26 Å². The fourth-order valence-electron chi connectivity index (χ4n) is 4.39. The highest BCUT2D eigenvalue weighted by molar-refractivity contribution is 5.92. The molecular weight excluding hydrogens is 419 g/mol. The van der Waals surface area contributed by atoms with Crippen LogP contribution in [0.15, 0.2) is 54.6 Å². The van der Waals surface area contributed by atoms with Gasteiger partial charge in [0.1, 0.15) is 17.7 Å². The van der Waals surface area contributed by atoms with Crippen LogP contribution in [0.25, 0.3) is 16.7 Å². The second kappa shape index (κ2) is 8.52. The predicted molar refractivity (Wildman–Crippen MR) is 126 cm³/mol. The Morgan fingerprint density at radius 3 is 2.61 bits per heavy atom. The van der Waals surface area contributed by atoms with Gasteiger partial charge in [0.05, 0.1) is 28.8 Å². The Morgan fingerprint density at radius 2 is 1.85 bits per heavy atom. The van der Waals surface area contributed by atoms with Gasteiger partial charge in [-0.3, -0.25) is 14.1 Å². The van der Waals surface area contributed by atoms with Gasteiger partial charge in [-0.1, -0.05) is 24.3 Å². The molecule has 0 bridgehead atoms. The van der Waals surface area contributed by atoms with Crippen molar-refractivity contribution in [2.75, 3.05) is 42.9 Å². The molecule has 4 aromatic rings. The number of nitriles is 1. The Morgan fingerprint density at radius 1 is 1.12 bits per heavy atom. The van der Waals surface area contributed by atoms with Gasteiger partial charge < -0.3 is 10.2 Å². The standard InChI is InChI=1S/C25H23FN6O/c1-17-14-24(32-22-9-5-4-8-21(22)29-25(32)18(17)15-27)31-12-10-30(11-13-31)16-23(33)28-20-7-3-2-6-19(20)26/h2-9,14H,10-13,16H2,1H3,(H,28,33). The highest BCUT2D eigenvalue weighted by Crippen LogP contribution is 2.29. The van der Waals surface area contributed by atoms with Gasteiger partial charge in [-0.05, 0) is 42.8 Å². The van der Waals surface area contributed by atoms with Gasteiger partial charge in [-0.15, -0.1) is 0 Å². The molecule has 7 nitrogen and oxygen atoms in total. The fourth-order valence-corrected chi connectivity index (χ4v) is 4.39. The first-order valence-electron chi connectivity index (χ1n) is 10.9. The number of aryl methyl sites for hydroxylation is 1. The highest BCUT2D eigenvalue weighted by atomic mass is 19.1. The van der Waals surface area contributed by atoms with Crippen LogP contribution in [0.5, 0.6) is 0 Å². The van der Waals surface area contributed by atoms with E-state index in [1.54, 1.807) is 18.2 Å². The van der Waals surface area contributed by atoms with Crippen LogP contribution in [0.1, 0.15) is 11.1 Å². The topological polar surface area (TPSA) is 76.7 Å². The smallest absolute Gasteiger partial charge is 0.238 e. The maximum Gasteiger partial charge on any atom is 0.238 e. The number of rotatable bonds is 4. The zero-order chi connectivity index (χ0) is 22.9. The Balaban J connectivity index is 1.35. The average molecular weight is 442 g/mol. The average Bonchev–Trinajstić information content (AvgIpc) is 3.20. The molecule has 8 heteroatoms. The third kappa shape index (κ3) is 3.88. The van der Waals surface area contributed by atoms with Gasteiger partial charge in [0.25, 0.3) is 0 Å². The summed E-state index contributed by atoms with van der Waals surface area (Å²) in [5, 5.41) is 12.3.